The number of carbonyl (C=O) groups is 1. The molecule has 226 valence electrons. The molecule has 1 aliphatic carbocycles. The van der Waals surface area contributed by atoms with Crippen molar-refractivity contribution in [2.45, 2.75) is 67.3 Å². The van der Waals surface area contributed by atoms with Crippen molar-refractivity contribution in [3.05, 3.63) is 40.9 Å². The van der Waals surface area contributed by atoms with Gasteiger partial charge in [-0.2, -0.15) is 0 Å². The largest absolute Gasteiger partial charge is 0.511 e. The van der Waals surface area contributed by atoms with Gasteiger partial charge in [0, 0.05) is 6.07 Å². The summed E-state index contributed by atoms with van der Waals surface area (Å²) in [6, 6.07) is 1.99. The van der Waals surface area contributed by atoms with E-state index in [1.165, 1.54) is 0 Å². The molecule has 0 radical (unpaired) electrons. The van der Waals surface area contributed by atoms with E-state index in [0.717, 1.165) is 18.2 Å². The quantitative estimate of drug-likeness (QED) is 0.158. The first-order chi connectivity index (χ1) is 19.4. The second-order valence-corrected chi connectivity index (χ2v) is 10.2. The molecule has 3 heterocycles. The van der Waals surface area contributed by atoms with E-state index in [2.05, 4.69) is 0 Å². The van der Waals surface area contributed by atoms with Crippen LogP contribution in [0.1, 0.15) is 10.4 Å². The van der Waals surface area contributed by atoms with Crippen molar-refractivity contribution in [3.63, 3.8) is 0 Å². The molecule has 16 nitrogen and oxygen atoms in total. The van der Waals surface area contributed by atoms with E-state index in [9.17, 15) is 61.0 Å². The molecule has 2 saturated heterocycles. The number of hydrogen-bond acceptors (Lipinski definition) is 16. The smallest absolute Gasteiger partial charge is 0.229 e. The lowest BCUT2D eigenvalue weighted by molar-refractivity contribution is -0.277. The summed E-state index contributed by atoms with van der Waals surface area (Å²) in [6.45, 7) is -1.51. The van der Waals surface area contributed by atoms with Gasteiger partial charge in [-0.05, 0) is 12.1 Å². The van der Waals surface area contributed by atoms with Gasteiger partial charge in [-0.15, -0.1) is 0 Å². The van der Waals surface area contributed by atoms with Gasteiger partial charge in [0.05, 0.1) is 24.4 Å². The zero-order chi connectivity index (χ0) is 29.9. The molecule has 1 aromatic rings. The maximum Gasteiger partial charge on any atom is 0.229 e. The van der Waals surface area contributed by atoms with Crippen molar-refractivity contribution in [1.82, 2.24) is 0 Å². The van der Waals surface area contributed by atoms with Gasteiger partial charge in [-0.1, -0.05) is 0 Å². The van der Waals surface area contributed by atoms with Crippen molar-refractivity contribution in [1.29, 1.82) is 0 Å². The third-order valence-electron chi connectivity index (χ3n) is 7.64. The molecule has 1 aromatic carbocycles. The number of rotatable bonds is 5. The van der Waals surface area contributed by atoms with E-state index in [0.29, 0.717) is 0 Å². The zero-order valence-electron chi connectivity index (χ0n) is 21.0. The number of aromatic hydroxyl groups is 1. The minimum absolute atomic E-state index is 0.178. The Kier molecular flexibility index (Phi) is 7.90. The van der Waals surface area contributed by atoms with E-state index in [1.807, 2.05) is 0 Å². The molecular formula is C25H30O16. The first-order valence-corrected chi connectivity index (χ1v) is 12.6. The van der Waals surface area contributed by atoms with Crippen LogP contribution in [0.4, 0.5) is 0 Å². The SMILES string of the molecule is O=C1c2cc(O[C@@H]3O[C@H](CO)[C@@H](O)[C@H](O)[C@H]3O)c(O)cc2O[C@H]2C=C(O)C([C@@H]3O[C@H](CO)[C@@H](O)[C@H](O)[C@H]3O)=C(O)[C@@H]12. The van der Waals surface area contributed by atoms with Crippen molar-refractivity contribution in [2.24, 2.45) is 5.92 Å². The van der Waals surface area contributed by atoms with Crippen LogP contribution in [-0.4, -0.2) is 142 Å². The average molecular weight is 586 g/mol. The fourth-order valence-electron chi connectivity index (χ4n) is 5.34. The molecule has 12 atom stereocenters. The molecule has 3 aliphatic heterocycles. The number of ether oxygens (including phenoxy) is 4. The highest BCUT2D eigenvalue weighted by molar-refractivity contribution is 6.04. The number of aliphatic hydroxyl groups excluding tert-OH is 10. The van der Waals surface area contributed by atoms with E-state index >= 15 is 0 Å². The summed E-state index contributed by atoms with van der Waals surface area (Å²) >= 11 is 0. The molecule has 5 rings (SSSR count). The van der Waals surface area contributed by atoms with Gasteiger partial charge in [0.1, 0.15) is 84.2 Å². The number of carbonyl (C=O) groups excluding carboxylic acids is 1. The summed E-state index contributed by atoms with van der Waals surface area (Å²) in [5, 5.41) is 112. The Balaban J connectivity index is 1.46. The Morgan fingerprint density at radius 1 is 0.780 bits per heavy atom. The Bertz CT molecular complexity index is 1240. The minimum Gasteiger partial charge on any atom is -0.511 e. The summed E-state index contributed by atoms with van der Waals surface area (Å²) in [6.07, 6.45) is -17.0. The number of ketones is 1. The second-order valence-electron chi connectivity index (χ2n) is 10.2. The van der Waals surface area contributed by atoms with Crippen LogP contribution in [0, 0.1) is 5.92 Å². The monoisotopic (exact) mass is 586 g/mol. The summed E-state index contributed by atoms with van der Waals surface area (Å²) < 4.78 is 21.9. The van der Waals surface area contributed by atoms with Gasteiger partial charge in [0.25, 0.3) is 0 Å². The van der Waals surface area contributed by atoms with E-state index < -0.39 is 121 Å². The Morgan fingerprint density at radius 2 is 1.39 bits per heavy atom. The van der Waals surface area contributed by atoms with Crippen LogP contribution < -0.4 is 9.47 Å². The molecule has 0 saturated carbocycles. The number of phenolic OH excluding ortho intramolecular Hbond substituents is 1. The first kappa shape index (κ1) is 29.5. The third kappa shape index (κ3) is 4.81. The number of benzene rings is 1. The topological polar surface area (TPSA) is 277 Å². The predicted octanol–water partition coefficient (Wildman–Crippen LogP) is -3.76. The Labute approximate surface area is 230 Å². The van der Waals surface area contributed by atoms with Crippen molar-refractivity contribution in [2.75, 3.05) is 13.2 Å². The Morgan fingerprint density at radius 3 is 2.02 bits per heavy atom. The molecule has 0 aromatic heterocycles. The number of aliphatic hydroxyl groups is 10. The fraction of sp³-hybridized carbons (Fsp3) is 0.560. The maximum atomic E-state index is 13.6. The number of hydrogen-bond donors (Lipinski definition) is 11. The van der Waals surface area contributed by atoms with Crippen molar-refractivity contribution < 1.29 is 79.9 Å². The number of fused-ring (bicyclic) bond motifs is 2. The van der Waals surface area contributed by atoms with Gasteiger partial charge in [-0.25, -0.2) is 0 Å². The highest BCUT2D eigenvalue weighted by Gasteiger charge is 2.51. The lowest BCUT2D eigenvalue weighted by Gasteiger charge is -2.42. The van der Waals surface area contributed by atoms with Gasteiger partial charge < -0.3 is 75.1 Å². The van der Waals surface area contributed by atoms with Crippen LogP contribution in [0.3, 0.4) is 0 Å². The second kappa shape index (κ2) is 11.0. The highest BCUT2D eigenvalue weighted by atomic mass is 16.7. The van der Waals surface area contributed by atoms with Crippen LogP contribution in [0.2, 0.25) is 0 Å². The molecule has 2 fully saturated rings. The van der Waals surface area contributed by atoms with E-state index in [1.54, 1.807) is 0 Å². The van der Waals surface area contributed by atoms with Crippen molar-refractivity contribution >= 4 is 5.78 Å². The standard InChI is InChI=1S/C25H30O16/c26-4-12-17(31)20(34)22(36)24(39-12)14-8(29)3-11-15(19(14)33)16(30)6-1-10(7(28)2-9(6)38-11)40-25-23(37)21(35)18(32)13(5-27)41-25/h1-3,11-13,15,17-18,20-29,31-37H,4-5H2/t11-,12+,13+,15+,17+,18+,20-,21-,22+,23+,24-,25+/m0/s1. The fourth-order valence-corrected chi connectivity index (χ4v) is 5.34. The van der Waals surface area contributed by atoms with Crippen LogP contribution >= 0.6 is 0 Å². The molecule has 16 heteroatoms. The normalized spacial score (nSPS) is 40.8. The summed E-state index contributed by atoms with van der Waals surface area (Å²) in [7, 11) is 0. The van der Waals surface area contributed by atoms with E-state index in [-0.39, 0.29) is 11.3 Å². The molecule has 11 N–H and O–H groups in total. The highest BCUT2D eigenvalue weighted by Crippen LogP contribution is 2.45. The van der Waals surface area contributed by atoms with Gasteiger partial charge in [0.15, 0.2) is 17.3 Å². The van der Waals surface area contributed by atoms with Crippen LogP contribution in [0.25, 0.3) is 0 Å². The minimum atomic E-state index is -1.88. The van der Waals surface area contributed by atoms with Crippen LogP contribution in [0.5, 0.6) is 17.2 Å². The number of phenols is 1. The molecule has 0 unspecified atom stereocenters. The maximum absolute atomic E-state index is 13.6. The first-order valence-electron chi connectivity index (χ1n) is 12.6. The summed E-state index contributed by atoms with van der Waals surface area (Å²) in [5.41, 5.74) is -0.724. The predicted molar refractivity (Wildman–Crippen MR) is 129 cm³/mol. The summed E-state index contributed by atoms with van der Waals surface area (Å²) in [4.78, 5) is 13.6. The molecular weight excluding hydrogens is 556 g/mol. The molecule has 0 spiro atoms. The van der Waals surface area contributed by atoms with E-state index in [4.69, 9.17) is 18.9 Å². The number of Topliss-reactive ketones (excluding diaryl/α,β-unsaturated/α-hetero) is 1. The molecule has 41 heavy (non-hydrogen) atoms. The molecule has 4 aliphatic rings. The molecule has 0 amide bonds. The van der Waals surface area contributed by atoms with Gasteiger partial charge >= 0.3 is 0 Å². The molecule has 0 bridgehead atoms. The van der Waals surface area contributed by atoms with Crippen LogP contribution in [0.15, 0.2) is 35.3 Å². The lowest BCUT2D eigenvalue weighted by Crippen LogP contribution is -2.60. The summed E-state index contributed by atoms with van der Waals surface area (Å²) in [5.74, 6) is -5.00. The van der Waals surface area contributed by atoms with Crippen LogP contribution in [-0.2, 0) is 9.47 Å². The van der Waals surface area contributed by atoms with Gasteiger partial charge in [-0.3, -0.25) is 4.79 Å². The Hall–Kier alpha value is -3.03. The lowest BCUT2D eigenvalue weighted by atomic mass is 9.79. The zero-order valence-corrected chi connectivity index (χ0v) is 21.0. The van der Waals surface area contributed by atoms with Gasteiger partial charge in [0.2, 0.25) is 6.29 Å². The van der Waals surface area contributed by atoms with Crippen molar-refractivity contribution in [3.8, 4) is 17.2 Å². The average Bonchev–Trinajstić information content (AvgIpc) is 2.93. The third-order valence-corrected chi connectivity index (χ3v) is 7.64.